The molecule has 0 aliphatic rings. The zero-order chi connectivity index (χ0) is 16.1. The number of aromatic nitrogens is 1. The molecule has 1 aromatic carbocycles. The summed E-state index contributed by atoms with van der Waals surface area (Å²) in [6.07, 6.45) is 1.20. The van der Waals surface area contributed by atoms with Crippen molar-refractivity contribution < 1.29 is 9.31 Å². The topological polar surface area (TPSA) is 71.3 Å². The van der Waals surface area contributed by atoms with Crippen molar-refractivity contribution in [1.29, 1.82) is 0 Å². The van der Waals surface area contributed by atoms with E-state index in [1.165, 1.54) is 18.3 Å². The Morgan fingerprint density at radius 3 is 2.68 bits per heavy atom. The highest BCUT2D eigenvalue weighted by atomic mass is 19.1. The number of rotatable bonds is 6. The average Bonchev–Trinajstić information content (AvgIpc) is 2.48. The highest BCUT2D eigenvalue weighted by Crippen LogP contribution is 2.15. The lowest BCUT2D eigenvalue weighted by molar-refractivity contribution is -0.385. The Balaban J connectivity index is 2.03. The fraction of sp³-hybridized carbons (Fsp3) is 0.267. The van der Waals surface area contributed by atoms with Crippen LogP contribution in [0.1, 0.15) is 11.1 Å². The van der Waals surface area contributed by atoms with Gasteiger partial charge in [-0.2, -0.15) is 0 Å². The Morgan fingerprint density at radius 2 is 2.09 bits per heavy atom. The molecular weight excluding hydrogens is 287 g/mol. The zero-order valence-corrected chi connectivity index (χ0v) is 12.4. The van der Waals surface area contributed by atoms with Crippen LogP contribution in [0.15, 0.2) is 36.5 Å². The summed E-state index contributed by atoms with van der Waals surface area (Å²) in [7, 11) is 3.76. The summed E-state index contributed by atoms with van der Waals surface area (Å²) in [5.41, 5.74) is 1.49. The van der Waals surface area contributed by atoms with Crippen LogP contribution in [-0.2, 0) is 13.1 Å². The number of pyridine rings is 1. The molecule has 116 valence electrons. The first-order valence-electron chi connectivity index (χ1n) is 6.72. The maximum atomic E-state index is 13.7. The minimum atomic E-state index is -0.496. The van der Waals surface area contributed by atoms with E-state index in [0.717, 1.165) is 5.56 Å². The van der Waals surface area contributed by atoms with Crippen LogP contribution >= 0.6 is 0 Å². The molecule has 2 rings (SSSR count). The van der Waals surface area contributed by atoms with E-state index in [-0.39, 0.29) is 11.5 Å². The molecule has 0 fully saturated rings. The first-order valence-corrected chi connectivity index (χ1v) is 6.72. The van der Waals surface area contributed by atoms with Gasteiger partial charge in [0.05, 0.1) is 4.92 Å². The first-order chi connectivity index (χ1) is 10.5. The quantitative estimate of drug-likeness (QED) is 0.656. The molecule has 7 heteroatoms. The molecule has 0 bridgehead atoms. The molecular formula is C15H17FN4O2. The molecule has 0 amide bonds. The number of nitrogens with one attached hydrogen (secondary N) is 1. The summed E-state index contributed by atoms with van der Waals surface area (Å²) in [4.78, 5) is 15.9. The Hall–Kier alpha value is -2.54. The molecule has 1 aromatic heterocycles. The van der Waals surface area contributed by atoms with Crippen LogP contribution in [0.2, 0.25) is 0 Å². The monoisotopic (exact) mass is 304 g/mol. The summed E-state index contributed by atoms with van der Waals surface area (Å²) >= 11 is 0. The molecule has 0 saturated carbocycles. The molecule has 0 aliphatic heterocycles. The maximum absolute atomic E-state index is 13.7. The van der Waals surface area contributed by atoms with E-state index in [9.17, 15) is 14.5 Å². The summed E-state index contributed by atoms with van der Waals surface area (Å²) in [5.74, 6) is 0.301. The fourth-order valence-corrected chi connectivity index (χ4v) is 1.99. The Labute approximate surface area is 127 Å². The Bertz CT molecular complexity index is 659. The largest absolute Gasteiger partial charge is 0.366 e. The van der Waals surface area contributed by atoms with Gasteiger partial charge in [-0.15, -0.1) is 0 Å². The van der Waals surface area contributed by atoms with Crippen molar-refractivity contribution in [3.05, 3.63) is 63.6 Å². The van der Waals surface area contributed by atoms with Crippen LogP contribution in [0.25, 0.3) is 0 Å². The Morgan fingerprint density at radius 1 is 1.32 bits per heavy atom. The number of anilines is 1. The van der Waals surface area contributed by atoms with Crippen molar-refractivity contribution >= 4 is 11.5 Å². The lowest BCUT2D eigenvalue weighted by Crippen LogP contribution is -2.12. The van der Waals surface area contributed by atoms with Gasteiger partial charge in [-0.05, 0) is 37.9 Å². The minimum Gasteiger partial charge on any atom is -0.366 e. The summed E-state index contributed by atoms with van der Waals surface area (Å²) in [6.45, 7) is 0.987. The summed E-state index contributed by atoms with van der Waals surface area (Å²) in [5, 5.41) is 13.6. The van der Waals surface area contributed by atoms with E-state index in [1.54, 1.807) is 18.2 Å². The van der Waals surface area contributed by atoms with Crippen LogP contribution in [0.4, 0.5) is 15.9 Å². The van der Waals surface area contributed by atoms with Crippen LogP contribution in [0.3, 0.4) is 0 Å². The lowest BCUT2D eigenvalue weighted by Gasteiger charge is -2.12. The van der Waals surface area contributed by atoms with Gasteiger partial charge in [0.15, 0.2) is 0 Å². The number of halogens is 1. The second-order valence-electron chi connectivity index (χ2n) is 5.18. The second kappa shape index (κ2) is 6.95. The van der Waals surface area contributed by atoms with E-state index in [1.807, 2.05) is 19.0 Å². The van der Waals surface area contributed by atoms with Gasteiger partial charge >= 0.3 is 0 Å². The van der Waals surface area contributed by atoms with E-state index in [2.05, 4.69) is 10.3 Å². The smallest absolute Gasteiger partial charge is 0.287 e. The average molecular weight is 304 g/mol. The molecule has 22 heavy (non-hydrogen) atoms. The minimum absolute atomic E-state index is 0.0550. The van der Waals surface area contributed by atoms with Crippen molar-refractivity contribution in [2.24, 2.45) is 0 Å². The number of nitro groups is 1. The van der Waals surface area contributed by atoms with Gasteiger partial charge in [0, 0.05) is 24.7 Å². The number of hydrogen-bond acceptors (Lipinski definition) is 5. The van der Waals surface area contributed by atoms with Gasteiger partial charge in [0.25, 0.3) is 5.69 Å². The van der Waals surface area contributed by atoms with Crippen molar-refractivity contribution in [2.75, 3.05) is 19.4 Å². The summed E-state index contributed by atoms with van der Waals surface area (Å²) in [6, 6.07) is 7.87. The molecule has 2 aromatic rings. The lowest BCUT2D eigenvalue weighted by atomic mass is 10.1. The SMILES string of the molecule is CN(C)Cc1cc(CNc2ccc([N+](=O)[O-])cn2)ccc1F. The Kier molecular flexibility index (Phi) is 5.00. The molecule has 1 heterocycles. The third-order valence-electron chi connectivity index (χ3n) is 3.03. The highest BCUT2D eigenvalue weighted by molar-refractivity contribution is 5.41. The normalized spacial score (nSPS) is 10.7. The van der Waals surface area contributed by atoms with Gasteiger partial charge in [-0.3, -0.25) is 10.1 Å². The molecule has 1 N–H and O–H groups in total. The molecule has 0 aliphatic carbocycles. The van der Waals surface area contributed by atoms with E-state index < -0.39 is 4.92 Å². The highest BCUT2D eigenvalue weighted by Gasteiger charge is 2.07. The van der Waals surface area contributed by atoms with Crippen molar-refractivity contribution in [1.82, 2.24) is 9.88 Å². The maximum Gasteiger partial charge on any atom is 0.287 e. The van der Waals surface area contributed by atoms with Gasteiger partial charge in [0.1, 0.15) is 17.8 Å². The predicted molar refractivity (Wildman–Crippen MR) is 82.0 cm³/mol. The van der Waals surface area contributed by atoms with E-state index >= 15 is 0 Å². The zero-order valence-electron chi connectivity index (χ0n) is 12.4. The van der Waals surface area contributed by atoms with Gasteiger partial charge < -0.3 is 10.2 Å². The van der Waals surface area contributed by atoms with E-state index in [4.69, 9.17) is 0 Å². The fourth-order valence-electron chi connectivity index (χ4n) is 1.99. The standard InChI is InChI=1S/C15H17FN4O2/c1-19(2)10-12-7-11(3-5-14(12)16)8-17-15-6-4-13(9-18-15)20(21)22/h3-7,9H,8,10H2,1-2H3,(H,17,18). The van der Waals surface area contributed by atoms with Crippen molar-refractivity contribution in [3.8, 4) is 0 Å². The molecule has 0 atom stereocenters. The first kappa shape index (κ1) is 15.8. The number of benzene rings is 1. The second-order valence-corrected chi connectivity index (χ2v) is 5.18. The van der Waals surface area contributed by atoms with Gasteiger partial charge in [0.2, 0.25) is 0 Å². The molecule has 0 unspecified atom stereocenters. The van der Waals surface area contributed by atoms with Crippen molar-refractivity contribution in [3.63, 3.8) is 0 Å². The summed E-state index contributed by atoms with van der Waals surface area (Å²) < 4.78 is 13.7. The van der Waals surface area contributed by atoms with Crippen LogP contribution in [0.5, 0.6) is 0 Å². The molecule has 0 spiro atoms. The molecule has 0 saturated heterocycles. The third kappa shape index (κ3) is 4.23. The predicted octanol–water partition coefficient (Wildman–Crippen LogP) is 2.80. The van der Waals surface area contributed by atoms with Gasteiger partial charge in [-0.25, -0.2) is 9.37 Å². The number of hydrogen-bond donors (Lipinski definition) is 1. The molecule has 6 nitrogen and oxygen atoms in total. The molecule has 0 radical (unpaired) electrons. The van der Waals surface area contributed by atoms with E-state index in [0.29, 0.717) is 24.5 Å². The van der Waals surface area contributed by atoms with Gasteiger partial charge in [-0.1, -0.05) is 6.07 Å². The number of nitrogens with zero attached hydrogens (tertiary/aromatic N) is 3. The van der Waals surface area contributed by atoms with Crippen LogP contribution < -0.4 is 5.32 Å². The third-order valence-corrected chi connectivity index (χ3v) is 3.03. The van der Waals surface area contributed by atoms with Crippen LogP contribution in [-0.4, -0.2) is 28.9 Å². The van der Waals surface area contributed by atoms with Crippen molar-refractivity contribution in [2.45, 2.75) is 13.1 Å². The van der Waals surface area contributed by atoms with Crippen LogP contribution in [0, 0.1) is 15.9 Å².